The van der Waals surface area contributed by atoms with E-state index in [9.17, 15) is 8.42 Å². The predicted molar refractivity (Wildman–Crippen MR) is 68.4 cm³/mol. The molecule has 0 amide bonds. The van der Waals surface area contributed by atoms with Crippen molar-refractivity contribution in [2.75, 3.05) is 11.5 Å². The first-order chi connectivity index (χ1) is 7.55. The van der Waals surface area contributed by atoms with Crippen molar-refractivity contribution in [2.45, 2.75) is 32.6 Å². The van der Waals surface area contributed by atoms with Crippen molar-refractivity contribution in [1.82, 2.24) is 0 Å². The van der Waals surface area contributed by atoms with Gasteiger partial charge in [-0.25, -0.2) is 8.42 Å². The molecule has 0 N–H and O–H groups in total. The Morgan fingerprint density at radius 3 is 2.38 bits per heavy atom. The summed E-state index contributed by atoms with van der Waals surface area (Å²) in [7, 11) is -2.89. The molecule has 0 aliphatic carbocycles. The smallest absolute Gasteiger partial charge is 0.150 e. The Bertz CT molecular complexity index is 395. The minimum atomic E-state index is -2.89. The maximum Gasteiger partial charge on any atom is 0.150 e. The lowest BCUT2D eigenvalue weighted by atomic mass is 10.0. The minimum Gasteiger partial charge on any atom is -0.229 e. The third kappa shape index (κ3) is 4.35. The third-order valence-corrected chi connectivity index (χ3v) is 4.60. The first-order valence-corrected chi connectivity index (χ1v) is 7.62. The molecule has 0 aliphatic heterocycles. The first-order valence-electron chi connectivity index (χ1n) is 5.80. The maximum atomic E-state index is 11.8. The highest BCUT2D eigenvalue weighted by molar-refractivity contribution is 7.91. The fourth-order valence-corrected chi connectivity index (χ4v) is 3.56. The fraction of sp³-hybridized carbons (Fsp3) is 0.538. The molecule has 0 unspecified atom stereocenters. The Hall–Kier alpha value is -0.830. The van der Waals surface area contributed by atoms with Crippen LogP contribution in [0.5, 0.6) is 0 Å². The lowest BCUT2D eigenvalue weighted by Gasteiger charge is -2.12. The van der Waals surface area contributed by atoms with Crippen molar-refractivity contribution < 1.29 is 8.42 Å². The molecule has 0 saturated heterocycles. The Kier molecular flexibility index (Phi) is 5.00. The highest BCUT2D eigenvalue weighted by Crippen LogP contribution is 2.17. The molecular formula is C13H20O2S. The fourth-order valence-electron chi connectivity index (χ4n) is 1.71. The van der Waals surface area contributed by atoms with Crippen molar-refractivity contribution in [1.29, 1.82) is 0 Å². The second-order valence-corrected chi connectivity index (χ2v) is 6.51. The normalized spacial score (nSPS) is 13.6. The molecule has 1 atom stereocenters. The van der Waals surface area contributed by atoms with Crippen LogP contribution >= 0.6 is 0 Å². The van der Waals surface area contributed by atoms with Gasteiger partial charge < -0.3 is 0 Å². The van der Waals surface area contributed by atoms with Crippen LogP contribution in [0, 0.1) is 0 Å². The van der Waals surface area contributed by atoms with E-state index < -0.39 is 9.84 Å². The second kappa shape index (κ2) is 6.04. The topological polar surface area (TPSA) is 34.1 Å². The molecule has 2 nitrogen and oxygen atoms in total. The number of hydrogen-bond donors (Lipinski definition) is 0. The Morgan fingerprint density at radius 1 is 1.19 bits per heavy atom. The van der Waals surface area contributed by atoms with Gasteiger partial charge in [-0.05, 0) is 17.9 Å². The van der Waals surface area contributed by atoms with E-state index in [0.717, 1.165) is 18.4 Å². The van der Waals surface area contributed by atoms with Crippen molar-refractivity contribution in [3.8, 4) is 0 Å². The molecule has 3 heteroatoms. The van der Waals surface area contributed by atoms with E-state index in [1.165, 1.54) is 0 Å². The van der Waals surface area contributed by atoms with Crippen molar-refractivity contribution in [3.05, 3.63) is 35.9 Å². The maximum absolute atomic E-state index is 11.8. The van der Waals surface area contributed by atoms with Gasteiger partial charge in [-0.15, -0.1) is 0 Å². The van der Waals surface area contributed by atoms with Gasteiger partial charge in [-0.3, -0.25) is 0 Å². The predicted octanol–water partition coefficient (Wildman–Crippen LogP) is 3.01. The van der Waals surface area contributed by atoms with Gasteiger partial charge in [0.15, 0.2) is 9.84 Å². The molecule has 0 radical (unpaired) electrons. The molecule has 0 bridgehead atoms. The summed E-state index contributed by atoms with van der Waals surface area (Å²) in [5, 5.41) is 0. The van der Waals surface area contributed by atoms with Gasteiger partial charge in [0.25, 0.3) is 0 Å². The van der Waals surface area contributed by atoms with Crippen molar-refractivity contribution in [2.24, 2.45) is 0 Å². The molecule has 0 fully saturated rings. The summed E-state index contributed by atoms with van der Waals surface area (Å²) in [4.78, 5) is 0. The monoisotopic (exact) mass is 240 g/mol. The van der Waals surface area contributed by atoms with Gasteiger partial charge in [0, 0.05) is 0 Å². The average Bonchev–Trinajstić information content (AvgIpc) is 2.27. The van der Waals surface area contributed by atoms with E-state index >= 15 is 0 Å². The Labute approximate surface area is 98.6 Å². The highest BCUT2D eigenvalue weighted by atomic mass is 32.2. The van der Waals surface area contributed by atoms with Gasteiger partial charge in [0.05, 0.1) is 11.5 Å². The molecule has 1 aromatic rings. The van der Waals surface area contributed by atoms with Gasteiger partial charge in [-0.1, -0.05) is 50.6 Å². The quantitative estimate of drug-likeness (QED) is 0.766. The molecule has 0 aliphatic rings. The summed E-state index contributed by atoms with van der Waals surface area (Å²) in [6, 6.07) is 9.82. The molecule has 0 spiro atoms. The van der Waals surface area contributed by atoms with Crippen LogP contribution in [-0.2, 0) is 9.84 Å². The molecule has 1 rings (SSSR count). The van der Waals surface area contributed by atoms with Gasteiger partial charge in [-0.2, -0.15) is 0 Å². The zero-order chi connectivity index (χ0) is 12.0. The van der Waals surface area contributed by atoms with E-state index in [4.69, 9.17) is 0 Å². The van der Waals surface area contributed by atoms with Crippen LogP contribution in [0.3, 0.4) is 0 Å². The molecule has 0 heterocycles. The van der Waals surface area contributed by atoms with Crippen LogP contribution in [-0.4, -0.2) is 19.9 Å². The zero-order valence-corrected chi connectivity index (χ0v) is 10.8. The average molecular weight is 240 g/mol. The minimum absolute atomic E-state index is 0.0862. The van der Waals surface area contributed by atoms with Crippen LogP contribution in [0.4, 0.5) is 0 Å². The summed E-state index contributed by atoms with van der Waals surface area (Å²) in [5.74, 6) is 0.667. The number of unbranched alkanes of at least 4 members (excludes halogenated alkanes) is 1. The summed E-state index contributed by atoms with van der Waals surface area (Å²) in [6.07, 6.45) is 1.70. The molecule has 0 aromatic heterocycles. The molecule has 90 valence electrons. The lowest BCUT2D eigenvalue weighted by molar-refractivity contribution is 0.587. The summed E-state index contributed by atoms with van der Waals surface area (Å²) >= 11 is 0. The van der Waals surface area contributed by atoms with E-state index in [2.05, 4.69) is 0 Å². The Balaban J connectivity index is 2.61. The summed E-state index contributed by atoms with van der Waals surface area (Å²) < 4.78 is 23.5. The van der Waals surface area contributed by atoms with Crippen molar-refractivity contribution >= 4 is 9.84 Å². The highest BCUT2D eigenvalue weighted by Gasteiger charge is 2.16. The standard InChI is InChI=1S/C13H20O2S/c1-3-4-10-16(14,15)11-12(2)13-8-6-5-7-9-13/h5-9,12H,3-4,10-11H2,1-2H3/t12-/m0/s1. The lowest BCUT2D eigenvalue weighted by Crippen LogP contribution is -2.16. The number of rotatable bonds is 6. The molecule has 0 saturated carbocycles. The summed E-state index contributed by atoms with van der Waals surface area (Å²) in [6.45, 7) is 3.98. The van der Waals surface area contributed by atoms with Crippen molar-refractivity contribution in [3.63, 3.8) is 0 Å². The van der Waals surface area contributed by atoms with E-state index in [1.54, 1.807) is 0 Å². The van der Waals surface area contributed by atoms with Gasteiger partial charge in [0.2, 0.25) is 0 Å². The van der Waals surface area contributed by atoms with Crippen LogP contribution in [0.25, 0.3) is 0 Å². The van der Waals surface area contributed by atoms with Gasteiger partial charge >= 0.3 is 0 Å². The van der Waals surface area contributed by atoms with Gasteiger partial charge in [0.1, 0.15) is 0 Å². The van der Waals surface area contributed by atoms with Crippen LogP contribution in [0.15, 0.2) is 30.3 Å². The van der Waals surface area contributed by atoms with Crippen LogP contribution < -0.4 is 0 Å². The van der Waals surface area contributed by atoms with E-state index in [0.29, 0.717) is 5.75 Å². The largest absolute Gasteiger partial charge is 0.229 e. The SMILES string of the molecule is CCCCS(=O)(=O)C[C@H](C)c1ccccc1. The van der Waals surface area contributed by atoms with Crippen LogP contribution in [0.2, 0.25) is 0 Å². The Morgan fingerprint density at radius 2 is 1.81 bits per heavy atom. The van der Waals surface area contributed by atoms with Crippen LogP contribution in [0.1, 0.15) is 38.2 Å². The number of sulfone groups is 1. The first kappa shape index (κ1) is 13.2. The van der Waals surface area contributed by atoms with E-state index in [1.807, 2.05) is 44.2 Å². The zero-order valence-electron chi connectivity index (χ0n) is 10.0. The number of benzene rings is 1. The molecular weight excluding hydrogens is 220 g/mol. The third-order valence-electron chi connectivity index (χ3n) is 2.68. The molecule has 16 heavy (non-hydrogen) atoms. The second-order valence-electron chi connectivity index (χ2n) is 4.28. The molecule has 1 aromatic carbocycles. The number of hydrogen-bond acceptors (Lipinski definition) is 2. The summed E-state index contributed by atoms with van der Waals surface area (Å²) in [5.41, 5.74) is 1.10. The van der Waals surface area contributed by atoms with E-state index in [-0.39, 0.29) is 11.7 Å².